The molecule has 1 aliphatic rings. The molecule has 1 fully saturated rings. The van der Waals surface area contributed by atoms with E-state index in [0.29, 0.717) is 10.2 Å². The first-order valence-electron chi connectivity index (χ1n) is 6.06. The van der Waals surface area contributed by atoms with E-state index < -0.39 is 20.7 Å². The molecule has 1 aromatic carbocycles. The lowest BCUT2D eigenvalue weighted by Gasteiger charge is -2.23. The average Bonchev–Trinajstić information content (AvgIpc) is 2.33. The highest BCUT2D eigenvalue weighted by Gasteiger charge is 2.21. The van der Waals surface area contributed by atoms with Gasteiger partial charge in [-0.05, 0) is 47.7 Å². The molecule has 0 heterocycles. The molecule has 1 aliphatic carbocycles. The number of hydrogen-bond acceptors (Lipinski definition) is 3. The van der Waals surface area contributed by atoms with Gasteiger partial charge in [0.1, 0.15) is 16.5 Å². The van der Waals surface area contributed by atoms with Gasteiger partial charge in [0, 0.05) is 6.07 Å². The third-order valence-corrected chi connectivity index (χ3v) is 4.68. The summed E-state index contributed by atoms with van der Waals surface area (Å²) < 4.78 is 42.2. The summed E-state index contributed by atoms with van der Waals surface area (Å²) in [5.74, 6) is -0.576. The molecule has 0 spiro atoms. The Bertz CT molecular complexity index is 571. The van der Waals surface area contributed by atoms with Crippen molar-refractivity contribution in [1.29, 1.82) is 0 Å². The predicted molar refractivity (Wildman–Crippen MR) is 73.0 cm³/mol. The van der Waals surface area contributed by atoms with Crippen molar-refractivity contribution in [1.82, 2.24) is 0 Å². The van der Waals surface area contributed by atoms with Crippen LogP contribution >= 0.6 is 15.9 Å². The number of rotatable bonds is 3. The number of halogens is 2. The predicted octanol–water partition coefficient (Wildman–Crippen LogP) is 2.95. The van der Waals surface area contributed by atoms with Crippen LogP contribution in [0.25, 0.3) is 0 Å². The highest BCUT2D eigenvalue weighted by atomic mass is 79.9. The van der Waals surface area contributed by atoms with E-state index in [2.05, 4.69) is 15.9 Å². The van der Waals surface area contributed by atoms with E-state index in [-0.39, 0.29) is 6.10 Å². The summed E-state index contributed by atoms with van der Waals surface area (Å²) in [5.41, 5.74) is 0. The minimum absolute atomic E-state index is 0.0600. The maximum Gasteiger partial charge on any atom is 0.241 e. The largest absolute Gasteiger partial charge is 0.489 e. The van der Waals surface area contributed by atoms with Crippen LogP contribution in [0.3, 0.4) is 0 Å². The van der Waals surface area contributed by atoms with Crippen molar-refractivity contribution in [2.75, 3.05) is 0 Å². The zero-order chi connectivity index (χ0) is 14.0. The Labute approximate surface area is 120 Å². The first-order chi connectivity index (χ1) is 8.88. The molecular weight excluding hydrogens is 337 g/mol. The smallest absolute Gasteiger partial charge is 0.241 e. The second kappa shape index (κ2) is 5.76. The van der Waals surface area contributed by atoms with Crippen molar-refractivity contribution < 1.29 is 17.5 Å². The lowest BCUT2D eigenvalue weighted by molar-refractivity contribution is 0.153. The highest BCUT2D eigenvalue weighted by molar-refractivity contribution is 9.10. The fourth-order valence-corrected chi connectivity index (χ4v) is 3.38. The highest BCUT2D eigenvalue weighted by Crippen LogP contribution is 2.32. The van der Waals surface area contributed by atoms with E-state index >= 15 is 0 Å². The van der Waals surface area contributed by atoms with Crippen molar-refractivity contribution in [2.24, 2.45) is 5.14 Å². The fraction of sp³-hybridized carbons (Fsp3) is 0.500. The van der Waals surface area contributed by atoms with Crippen LogP contribution < -0.4 is 9.88 Å². The Balaban J connectivity index is 2.25. The molecule has 1 aromatic rings. The van der Waals surface area contributed by atoms with Crippen molar-refractivity contribution >= 4 is 26.0 Å². The molecule has 0 aliphatic heterocycles. The number of sulfonamides is 1. The number of benzene rings is 1. The second-order valence-electron chi connectivity index (χ2n) is 4.64. The van der Waals surface area contributed by atoms with Gasteiger partial charge in [-0.2, -0.15) is 0 Å². The average molecular weight is 352 g/mol. The fourth-order valence-electron chi connectivity index (χ4n) is 2.18. The molecule has 0 aromatic heterocycles. The number of hydrogen-bond donors (Lipinski definition) is 1. The molecule has 0 atom stereocenters. The van der Waals surface area contributed by atoms with Gasteiger partial charge in [0.2, 0.25) is 10.0 Å². The van der Waals surface area contributed by atoms with Gasteiger partial charge in [-0.1, -0.05) is 6.42 Å². The summed E-state index contributed by atoms with van der Waals surface area (Å²) >= 11 is 3.19. The minimum Gasteiger partial charge on any atom is -0.489 e. The third kappa shape index (κ3) is 3.67. The summed E-state index contributed by atoms with van der Waals surface area (Å²) in [7, 11) is -4.07. The van der Waals surface area contributed by atoms with Crippen molar-refractivity contribution in [3.05, 3.63) is 22.4 Å². The topological polar surface area (TPSA) is 69.4 Å². The van der Waals surface area contributed by atoms with Crippen LogP contribution in [0.15, 0.2) is 21.5 Å². The zero-order valence-electron chi connectivity index (χ0n) is 10.2. The van der Waals surface area contributed by atoms with Gasteiger partial charge in [0.05, 0.1) is 10.6 Å². The Morgan fingerprint density at radius 2 is 1.89 bits per heavy atom. The van der Waals surface area contributed by atoms with Gasteiger partial charge in [0.15, 0.2) is 0 Å². The lowest BCUT2D eigenvalue weighted by atomic mass is 9.98. The summed E-state index contributed by atoms with van der Waals surface area (Å²) in [6.07, 6.45) is 5.32. The number of ether oxygens (including phenoxy) is 1. The van der Waals surface area contributed by atoms with Crippen LogP contribution in [-0.2, 0) is 10.0 Å². The van der Waals surface area contributed by atoms with Gasteiger partial charge in [0.25, 0.3) is 0 Å². The molecule has 19 heavy (non-hydrogen) atoms. The van der Waals surface area contributed by atoms with Crippen molar-refractivity contribution in [3.8, 4) is 5.75 Å². The molecule has 106 valence electrons. The summed E-state index contributed by atoms with van der Waals surface area (Å²) in [6.45, 7) is 0. The van der Waals surface area contributed by atoms with Crippen molar-refractivity contribution in [2.45, 2.75) is 43.1 Å². The van der Waals surface area contributed by atoms with Gasteiger partial charge in [-0.15, -0.1) is 0 Å². The minimum atomic E-state index is -4.07. The Morgan fingerprint density at radius 3 is 2.47 bits per heavy atom. The second-order valence-corrected chi connectivity index (χ2v) is 7.02. The van der Waals surface area contributed by atoms with E-state index in [1.165, 1.54) is 6.42 Å². The van der Waals surface area contributed by atoms with Crippen molar-refractivity contribution in [3.63, 3.8) is 0 Å². The van der Waals surface area contributed by atoms with Gasteiger partial charge >= 0.3 is 0 Å². The van der Waals surface area contributed by atoms with E-state index in [0.717, 1.165) is 37.8 Å². The van der Waals surface area contributed by atoms with Gasteiger partial charge < -0.3 is 4.74 Å². The monoisotopic (exact) mass is 351 g/mol. The van der Waals surface area contributed by atoms with E-state index in [1.54, 1.807) is 0 Å². The molecule has 7 heteroatoms. The first-order valence-corrected chi connectivity index (χ1v) is 8.40. The summed E-state index contributed by atoms with van der Waals surface area (Å²) in [6, 6.07) is 2.21. The Morgan fingerprint density at radius 1 is 1.26 bits per heavy atom. The molecule has 0 bridgehead atoms. The molecule has 0 saturated heterocycles. The SMILES string of the molecule is NS(=O)(=O)c1cc(Br)c(OC2CCCCC2)cc1F. The number of primary sulfonamides is 1. The third-order valence-electron chi connectivity index (χ3n) is 3.14. The molecule has 0 amide bonds. The standard InChI is InChI=1S/C12H15BrFNO3S/c13-9-6-12(19(15,16)17)10(14)7-11(9)18-8-4-2-1-3-5-8/h6-8H,1-5H2,(H2,15,16,17). The number of nitrogens with two attached hydrogens (primary N) is 1. The van der Waals surface area contributed by atoms with E-state index in [1.807, 2.05) is 0 Å². The molecule has 1 saturated carbocycles. The summed E-state index contributed by atoms with van der Waals surface area (Å²) in [5, 5.41) is 4.93. The van der Waals surface area contributed by atoms with Crippen LogP contribution in [0.5, 0.6) is 5.75 Å². The molecular formula is C12H15BrFNO3S. The maximum absolute atomic E-state index is 13.7. The van der Waals surface area contributed by atoms with Crippen LogP contribution in [0.1, 0.15) is 32.1 Å². The van der Waals surface area contributed by atoms with Crippen LogP contribution in [-0.4, -0.2) is 14.5 Å². The Hall–Kier alpha value is -0.660. The maximum atomic E-state index is 13.7. The lowest BCUT2D eigenvalue weighted by Crippen LogP contribution is -2.20. The quantitative estimate of drug-likeness (QED) is 0.909. The molecule has 4 nitrogen and oxygen atoms in total. The first kappa shape index (κ1) is 14.7. The molecule has 2 rings (SSSR count). The van der Waals surface area contributed by atoms with Crippen LogP contribution in [0.2, 0.25) is 0 Å². The van der Waals surface area contributed by atoms with Gasteiger partial charge in [-0.25, -0.2) is 17.9 Å². The van der Waals surface area contributed by atoms with Gasteiger partial charge in [-0.3, -0.25) is 0 Å². The molecule has 2 N–H and O–H groups in total. The van der Waals surface area contributed by atoms with E-state index in [9.17, 15) is 12.8 Å². The molecule has 0 unspecified atom stereocenters. The van der Waals surface area contributed by atoms with Crippen LogP contribution in [0.4, 0.5) is 4.39 Å². The zero-order valence-corrected chi connectivity index (χ0v) is 12.6. The summed E-state index contributed by atoms with van der Waals surface area (Å²) in [4.78, 5) is -0.532. The van der Waals surface area contributed by atoms with Crippen LogP contribution in [0, 0.1) is 5.82 Å². The normalized spacial score (nSPS) is 17.4. The molecule has 0 radical (unpaired) electrons. The van der Waals surface area contributed by atoms with E-state index in [4.69, 9.17) is 9.88 Å². The Kier molecular flexibility index (Phi) is 4.47.